The van der Waals surface area contributed by atoms with Crippen molar-refractivity contribution in [3.8, 4) is 86.3 Å². The van der Waals surface area contributed by atoms with Crippen LogP contribution >= 0.6 is 174 Å². The number of nitriles is 3. The van der Waals surface area contributed by atoms with Gasteiger partial charge in [0.2, 0.25) is 17.7 Å². The Morgan fingerprint density at radius 2 is 0.601 bits per heavy atom. The van der Waals surface area contributed by atoms with Crippen LogP contribution in [0.1, 0.15) is 131 Å². The molecule has 3 aliphatic rings. The van der Waals surface area contributed by atoms with Crippen molar-refractivity contribution >= 4 is 242 Å². The van der Waals surface area contributed by atoms with Crippen molar-refractivity contribution in [3.05, 3.63) is 250 Å². The number of hydrogen-bond acceptors (Lipinski definition) is 21. The highest BCUT2D eigenvalue weighted by Crippen LogP contribution is 2.56. The van der Waals surface area contributed by atoms with Crippen LogP contribution in [0, 0.1) is 54.8 Å². The second-order valence-corrected chi connectivity index (χ2v) is 39.3. The highest BCUT2D eigenvalue weighted by atomic mass is 35.5. The average Bonchev–Trinajstić information content (AvgIpc) is 0.726. The summed E-state index contributed by atoms with van der Waals surface area (Å²) in [4.78, 5) is 120. The zero-order valence-corrected chi connectivity index (χ0v) is 86.7. The van der Waals surface area contributed by atoms with Crippen molar-refractivity contribution in [2.45, 2.75) is 119 Å². The highest BCUT2D eigenvalue weighted by Gasteiger charge is 2.40. The lowest BCUT2D eigenvalue weighted by atomic mass is 10.0. The Hall–Kier alpha value is -10.6. The molecule has 0 bridgehead atoms. The predicted octanol–water partition coefficient (Wildman–Crippen LogP) is 23.8. The van der Waals surface area contributed by atoms with Gasteiger partial charge in [0.05, 0.1) is 145 Å². The van der Waals surface area contributed by atoms with Gasteiger partial charge in [-0.3, -0.25) is 57.4 Å². The number of benzene rings is 3. The summed E-state index contributed by atoms with van der Waals surface area (Å²) in [6.45, 7) is 36.4. The molecule has 12 heterocycles. The second kappa shape index (κ2) is 42.1. The normalized spacial score (nSPS) is 15.0. The third-order valence-electron chi connectivity index (χ3n) is 24.0. The molecule has 138 heavy (non-hydrogen) atoms. The van der Waals surface area contributed by atoms with Gasteiger partial charge in [-0.15, -0.1) is 0 Å². The zero-order chi connectivity index (χ0) is 101. The number of nitrogens with zero attached hydrogens (tertiary/aromatic N) is 18. The molecule has 15 rings (SSSR count). The van der Waals surface area contributed by atoms with Gasteiger partial charge in [0, 0.05) is 112 Å². The molecular weight excluding hydrogens is 2080 g/mol. The van der Waals surface area contributed by atoms with E-state index in [0.717, 1.165) is 0 Å². The number of phenolic OH excluding ortho intramolecular Hbond substituents is 3. The molecule has 0 unspecified atom stereocenters. The summed E-state index contributed by atoms with van der Waals surface area (Å²) in [5.41, 5.74) is 3.92. The molecule has 12 aromatic rings. The maximum Gasteiger partial charge on any atom is 0.276 e. The van der Waals surface area contributed by atoms with Crippen molar-refractivity contribution < 1.29 is 29.7 Å². The number of anilines is 3. The van der Waals surface area contributed by atoms with Gasteiger partial charge in [-0.1, -0.05) is 235 Å². The van der Waals surface area contributed by atoms with Gasteiger partial charge in [-0.2, -0.15) is 15.8 Å². The van der Waals surface area contributed by atoms with Gasteiger partial charge in [-0.05, 0) is 131 Å². The minimum Gasteiger partial charge on any atom is -0.506 e. The molecule has 27 nitrogen and oxygen atoms in total. The van der Waals surface area contributed by atoms with Crippen LogP contribution in [0.3, 0.4) is 0 Å². The first-order valence-corrected chi connectivity index (χ1v) is 48.1. The summed E-state index contributed by atoms with van der Waals surface area (Å²) in [5, 5.41) is 63.8. The van der Waals surface area contributed by atoms with E-state index in [0.29, 0.717) is 143 Å². The molecule has 9 aromatic heterocycles. The zero-order valence-electron chi connectivity index (χ0n) is 75.4. The molecule has 0 aliphatic carbocycles. The fourth-order valence-corrected chi connectivity index (χ4v) is 21.0. The number of hydrogen-bond donors (Lipinski definition) is 3. The number of carbonyl (C=O) groups is 3. The summed E-state index contributed by atoms with van der Waals surface area (Å²) < 4.78 is 4.04. The van der Waals surface area contributed by atoms with E-state index in [1.807, 2.05) is 97.8 Å². The van der Waals surface area contributed by atoms with Gasteiger partial charge >= 0.3 is 0 Å². The van der Waals surface area contributed by atoms with Crippen LogP contribution in [-0.2, 0) is 14.4 Å². The highest BCUT2D eigenvalue weighted by molar-refractivity contribution is 6.56. The Labute approximate surface area is 866 Å². The molecular formula is C96H81Cl15N18O9. The molecule has 3 N–H and O–H groups in total. The van der Waals surface area contributed by atoms with Crippen LogP contribution in [0.2, 0.25) is 75.3 Å². The largest absolute Gasteiger partial charge is 0.506 e. The number of pyridine rings is 9. The number of halogens is 15. The van der Waals surface area contributed by atoms with Crippen LogP contribution in [-0.4, -0.2) is 168 Å². The number of aromatic hydroxyl groups is 3. The minimum absolute atomic E-state index is 0.0232. The molecule has 0 spiro atoms. The maximum absolute atomic E-state index is 14.5. The van der Waals surface area contributed by atoms with Crippen LogP contribution < -0.4 is 31.4 Å². The molecule has 3 aromatic carbocycles. The van der Waals surface area contributed by atoms with Crippen molar-refractivity contribution in [1.29, 1.82) is 15.8 Å². The number of rotatable bonds is 15. The molecule has 3 amide bonds. The van der Waals surface area contributed by atoms with E-state index in [-0.39, 0.29) is 196 Å². The van der Waals surface area contributed by atoms with E-state index < -0.39 is 33.9 Å². The first kappa shape index (κ1) is 105. The number of phenols is 3. The van der Waals surface area contributed by atoms with Gasteiger partial charge in [0.1, 0.15) is 84.2 Å². The van der Waals surface area contributed by atoms with Gasteiger partial charge in [-0.25, -0.2) is 15.0 Å². The Kier molecular flexibility index (Phi) is 32.0. The van der Waals surface area contributed by atoms with E-state index in [9.17, 15) is 59.9 Å². The number of carbonyl (C=O) groups excluding carboxylic acids is 3. The molecule has 3 aliphatic heterocycles. The molecule has 3 saturated heterocycles. The summed E-state index contributed by atoms with van der Waals surface area (Å²) in [5.74, 6) is -2.50. The molecule has 714 valence electrons. The van der Waals surface area contributed by atoms with Crippen molar-refractivity contribution in [1.82, 2.24) is 58.3 Å². The van der Waals surface area contributed by atoms with Crippen LogP contribution in [0.4, 0.5) is 17.1 Å². The van der Waals surface area contributed by atoms with Gasteiger partial charge < -0.3 is 44.7 Å². The van der Waals surface area contributed by atoms with Gasteiger partial charge in [0.15, 0.2) is 0 Å². The standard InChI is InChI=1S/3C32H27Cl5N6O3/c3*1-6-20(44)42-10-9-41(13-16(42)5)29-17-11-19(33)27(21-22(34)23(35)24(36)25(37)30(21)45)40-31(17)43(32(46)18(29)12-38)28-15(4)7-8-39-26(28)14(2)3/h3*6-8,11,14,16,45H,1,9-10,13H2,2-5H3/t3*16-/m111/s1. The van der Waals surface area contributed by atoms with Gasteiger partial charge in [0.25, 0.3) is 16.7 Å². The smallest absolute Gasteiger partial charge is 0.276 e. The molecule has 3 atom stereocenters. The van der Waals surface area contributed by atoms with Crippen molar-refractivity contribution in [2.24, 2.45) is 0 Å². The Morgan fingerprint density at radius 3 is 0.804 bits per heavy atom. The number of aryl methyl sites for hydroxylation is 3. The first-order valence-electron chi connectivity index (χ1n) is 42.4. The second-order valence-electron chi connectivity index (χ2n) is 33.6. The van der Waals surface area contributed by atoms with E-state index in [1.165, 1.54) is 31.9 Å². The third kappa shape index (κ3) is 18.7. The summed E-state index contributed by atoms with van der Waals surface area (Å²) in [6.07, 6.45) is 8.72. The van der Waals surface area contributed by atoms with Crippen molar-refractivity contribution in [2.75, 3.05) is 73.6 Å². The average molecular weight is 2160 g/mol. The van der Waals surface area contributed by atoms with Crippen LogP contribution in [0.25, 0.3) is 83.9 Å². The van der Waals surface area contributed by atoms with E-state index in [2.05, 4.69) is 52.9 Å². The van der Waals surface area contributed by atoms with E-state index >= 15 is 0 Å². The summed E-state index contributed by atoms with van der Waals surface area (Å²) >= 11 is 96.9. The first-order chi connectivity index (χ1) is 65.2. The van der Waals surface area contributed by atoms with E-state index in [1.54, 1.807) is 69.7 Å². The Bertz CT molecular complexity index is 6770. The monoisotopic (exact) mass is 2150 g/mol. The van der Waals surface area contributed by atoms with Crippen molar-refractivity contribution in [3.63, 3.8) is 0 Å². The molecule has 0 saturated carbocycles. The fourth-order valence-electron chi connectivity index (χ4n) is 17.4. The predicted molar refractivity (Wildman–Crippen MR) is 553 cm³/mol. The maximum atomic E-state index is 14.5. The lowest BCUT2D eigenvalue weighted by Gasteiger charge is -2.41. The fraction of sp³-hybridized carbons (Fsp3) is 0.281. The Morgan fingerprint density at radius 1 is 0.377 bits per heavy atom. The molecule has 3 fully saturated rings. The topological polar surface area (TPSA) is 346 Å². The number of fused-ring (bicyclic) bond motifs is 3. The molecule has 42 heteroatoms. The minimum atomic E-state index is -0.636. The summed E-state index contributed by atoms with van der Waals surface area (Å²) in [6, 6.07) is 15.5. The van der Waals surface area contributed by atoms with Crippen LogP contribution in [0.5, 0.6) is 17.2 Å². The lowest BCUT2D eigenvalue weighted by molar-refractivity contribution is -0.129. The summed E-state index contributed by atoms with van der Waals surface area (Å²) in [7, 11) is 0. The van der Waals surface area contributed by atoms with E-state index in [4.69, 9.17) is 189 Å². The molecule has 0 radical (unpaired) electrons. The quantitative estimate of drug-likeness (QED) is 0.0487. The Balaban J connectivity index is 0.000000175. The third-order valence-corrected chi connectivity index (χ3v) is 30.2. The number of piperazine rings is 3. The number of amides is 3. The SMILES string of the molecule is C=CC(=O)N1CCN(c2c(C#N)c(=O)n(-c3c(C)ccnc3C(C)C)c3nc(-c4c(O)c(Cl)c(Cl)c(Cl)c4Cl)c(Cl)cc23)C[C@H]1C.C=CC(=O)N1CCN(c2c(C#N)c(=O)n(-c3c(C)ccnc3C(C)C)c3nc(-c4c(O)c(Cl)c(Cl)c(Cl)c4Cl)c(Cl)cc23)C[C@H]1C.C=CC(=O)N1CCN(c2c(C#N)c(=O)n(-c3c(C)ccnc3C(C)C)c3nc(-c4c(O)c(Cl)c(Cl)c(Cl)c4Cl)c(Cl)cc23)C[C@H]1C. The number of aromatic nitrogens is 9. The lowest BCUT2D eigenvalue weighted by Crippen LogP contribution is -2.54. The van der Waals surface area contributed by atoms with Crippen LogP contribution in [0.15, 0.2) is 107 Å².